The quantitative estimate of drug-likeness (QED) is 0.0204. The van der Waals surface area contributed by atoms with Crippen molar-refractivity contribution in [2.75, 3.05) is 80.8 Å². The minimum absolute atomic E-state index is 0.0473. The summed E-state index contributed by atoms with van der Waals surface area (Å²) in [4.78, 5) is 84.7. The van der Waals surface area contributed by atoms with Crippen molar-refractivity contribution in [2.24, 2.45) is 0 Å². The van der Waals surface area contributed by atoms with Crippen LogP contribution in [-0.2, 0) is 64.4 Å². The van der Waals surface area contributed by atoms with Gasteiger partial charge in [-0.1, -0.05) is 36.4 Å². The second-order valence-corrected chi connectivity index (χ2v) is 16.0. The van der Waals surface area contributed by atoms with Crippen LogP contribution in [0.15, 0.2) is 60.9 Å². The van der Waals surface area contributed by atoms with E-state index in [0.717, 1.165) is 11.1 Å². The maximum atomic E-state index is 13.8. The van der Waals surface area contributed by atoms with E-state index in [2.05, 4.69) is 41.9 Å². The van der Waals surface area contributed by atoms with Crippen molar-refractivity contribution in [3.8, 4) is 23.0 Å². The summed E-state index contributed by atoms with van der Waals surface area (Å²) in [5.74, 6) is -1.09. The van der Waals surface area contributed by atoms with E-state index in [0.29, 0.717) is 45.1 Å². The molecule has 2 atom stereocenters. The van der Waals surface area contributed by atoms with Crippen LogP contribution in [0.2, 0.25) is 0 Å². The van der Waals surface area contributed by atoms with Crippen LogP contribution in [-0.4, -0.2) is 139 Å². The minimum atomic E-state index is -1.37. The SMILES string of the molecule is CNC(=O)OCc1cnc(C)c(OCC(CNCCOc2ccccc2C)OC(=O)C(=O)OC(CNCCOc2ccccc2C)COc2c(C)ncc(COC(=O)NC)c2COC(=O)NC)c1COC(=O)NC. The number of carbonyl (C=O) groups excluding carboxylic acids is 6. The molecular formula is C50H66N8O16. The van der Waals surface area contributed by atoms with E-state index in [-0.39, 0.29) is 90.5 Å². The number of nitrogens with one attached hydrogen (secondary N) is 6. The molecule has 2 heterocycles. The van der Waals surface area contributed by atoms with Crippen LogP contribution in [0.5, 0.6) is 23.0 Å². The van der Waals surface area contributed by atoms with Gasteiger partial charge in [0.1, 0.15) is 88.1 Å². The van der Waals surface area contributed by atoms with Crippen molar-refractivity contribution < 1.29 is 76.1 Å². The van der Waals surface area contributed by atoms with Crippen molar-refractivity contribution in [3.05, 3.63) is 106 Å². The molecule has 74 heavy (non-hydrogen) atoms. The molecule has 2 aromatic carbocycles. The van der Waals surface area contributed by atoms with E-state index in [9.17, 15) is 28.8 Å². The topological polar surface area (TPSA) is 293 Å². The molecular weight excluding hydrogens is 969 g/mol. The van der Waals surface area contributed by atoms with E-state index in [1.54, 1.807) is 13.8 Å². The van der Waals surface area contributed by atoms with Gasteiger partial charge >= 0.3 is 36.3 Å². The number of hydrogen-bond donors (Lipinski definition) is 6. The fourth-order valence-corrected chi connectivity index (χ4v) is 6.60. The molecule has 0 aliphatic carbocycles. The summed E-state index contributed by atoms with van der Waals surface area (Å²) in [5.41, 5.74) is 3.91. The van der Waals surface area contributed by atoms with Gasteiger partial charge < -0.3 is 79.3 Å². The molecule has 24 heteroatoms. The lowest BCUT2D eigenvalue weighted by Crippen LogP contribution is -2.42. The lowest BCUT2D eigenvalue weighted by atomic mass is 10.1. The predicted octanol–water partition coefficient (Wildman–Crippen LogP) is 3.75. The summed E-state index contributed by atoms with van der Waals surface area (Å²) in [6.45, 7) is 6.15. The Morgan fingerprint density at radius 1 is 0.486 bits per heavy atom. The highest BCUT2D eigenvalue weighted by Gasteiger charge is 2.29. The van der Waals surface area contributed by atoms with E-state index < -0.39 is 48.5 Å². The fourth-order valence-electron chi connectivity index (χ4n) is 6.60. The Balaban J connectivity index is 1.58. The molecule has 0 saturated heterocycles. The van der Waals surface area contributed by atoms with Gasteiger partial charge in [0.15, 0.2) is 0 Å². The van der Waals surface area contributed by atoms with Crippen LogP contribution in [0.25, 0.3) is 0 Å². The molecule has 2 unspecified atom stereocenters. The lowest BCUT2D eigenvalue weighted by Gasteiger charge is -2.23. The molecule has 0 aliphatic heterocycles. The third-order valence-corrected chi connectivity index (χ3v) is 10.6. The molecule has 0 radical (unpaired) electrons. The van der Waals surface area contributed by atoms with Gasteiger partial charge in [0.2, 0.25) is 0 Å². The number of para-hydroxylation sites is 2. The average Bonchev–Trinajstić information content (AvgIpc) is 3.40. The van der Waals surface area contributed by atoms with Gasteiger partial charge in [-0.15, -0.1) is 0 Å². The van der Waals surface area contributed by atoms with Crippen molar-refractivity contribution in [1.82, 2.24) is 41.9 Å². The molecule has 24 nitrogen and oxygen atoms in total. The first kappa shape index (κ1) is 58.5. The molecule has 0 saturated carbocycles. The Kier molecular flexibility index (Phi) is 24.8. The van der Waals surface area contributed by atoms with E-state index in [4.69, 9.17) is 47.4 Å². The smallest absolute Gasteiger partial charge is 0.417 e. The number of amides is 4. The second kappa shape index (κ2) is 31.4. The van der Waals surface area contributed by atoms with E-state index in [1.807, 2.05) is 62.4 Å². The number of alkyl carbamates (subject to hydrolysis) is 4. The Hall–Kier alpha value is -8.12. The highest BCUT2D eigenvalue weighted by Crippen LogP contribution is 2.29. The number of carbonyl (C=O) groups is 6. The maximum absolute atomic E-state index is 13.8. The number of aromatic nitrogens is 2. The highest BCUT2D eigenvalue weighted by atomic mass is 16.6. The Labute approximate surface area is 429 Å². The number of pyridine rings is 2. The van der Waals surface area contributed by atoms with Crippen LogP contribution < -0.4 is 50.8 Å². The number of benzene rings is 2. The number of rotatable bonds is 28. The number of hydrogen-bond acceptors (Lipinski definition) is 20. The lowest BCUT2D eigenvalue weighted by molar-refractivity contribution is -0.175. The van der Waals surface area contributed by atoms with Crippen LogP contribution >= 0.6 is 0 Å². The summed E-state index contributed by atoms with van der Waals surface area (Å²) in [5, 5.41) is 15.8. The van der Waals surface area contributed by atoms with E-state index in [1.165, 1.54) is 40.6 Å². The van der Waals surface area contributed by atoms with Crippen LogP contribution in [0, 0.1) is 27.7 Å². The first-order chi connectivity index (χ1) is 35.7. The van der Waals surface area contributed by atoms with Gasteiger partial charge in [0.05, 0.1) is 11.4 Å². The zero-order valence-corrected chi connectivity index (χ0v) is 42.8. The van der Waals surface area contributed by atoms with Crippen LogP contribution in [0.3, 0.4) is 0 Å². The van der Waals surface area contributed by atoms with Gasteiger partial charge in [0.25, 0.3) is 0 Å². The summed E-state index contributed by atoms with van der Waals surface area (Å²) in [7, 11) is 5.57. The molecule has 4 aromatic rings. The summed E-state index contributed by atoms with van der Waals surface area (Å²) in [6.07, 6.45) is -2.36. The average molecular weight is 1040 g/mol. The van der Waals surface area contributed by atoms with E-state index >= 15 is 0 Å². The summed E-state index contributed by atoms with van der Waals surface area (Å²) < 4.78 is 57.0. The van der Waals surface area contributed by atoms with Gasteiger partial charge in [-0.05, 0) is 51.0 Å². The molecule has 0 aliphatic rings. The van der Waals surface area contributed by atoms with Crippen molar-refractivity contribution >= 4 is 36.3 Å². The van der Waals surface area contributed by atoms with Gasteiger partial charge in [-0.3, -0.25) is 9.97 Å². The number of aryl methyl sites for hydroxylation is 4. The van der Waals surface area contributed by atoms with Crippen LogP contribution in [0.4, 0.5) is 19.2 Å². The zero-order valence-electron chi connectivity index (χ0n) is 42.8. The van der Waals surface area contributed by atoms with Crippen LogP contribution in [0.1, 0.15) is 44.8 Å². The molecule has 6 N–H and O–H groups in total. The third kappa shape index (κ3) is 19.5. The molecule has 402 valence electrons. The molecule has 0 spiro atoms. The number of esters is 2. The minimum Gasteiger partial charge on any atom is -0.492 e. The van der Waals surface area contributed by atoms with Crippen molar-refractivity contribution in [3.63, 3.8) is 0 Å². The Morgan fingerprint density at radius 3 is 1.19 bits per heavy atom. The molecule has 4 rings (SSSR count). The monoisotopic (exact) mass is 1030 g/mol. The van der Waals surface area contributed by atoms with Gasteiger partial charge in [-0.25, -0.2) is 28.8 Å². The standard InChI is InChI=1S/C50H66N8O16/c1-31-13-9-11-15-41(31)65-19-17-55-23-37(27-67-43-33(3)57-21-35(25-69-47(61)51-5)39(43)29-71-49(63)53-7)73-45(59)46(60)74-38(24-56-18-20-66-42-16-12-10-14-32(42)2)28-68-44-34(4)58-22-36(26-70-48(62)52-6)40(44)30-72-50(64)54-8/h9-16,21-22,37-38,55-56H,17-20,23-30H2,1-8H3,(H,51,61)(H,52,62)(H,53,63)(H,54,64). The summed E-state index contributed by atoms with van der Waals surface area (Å²) >= 11 is 0. The third-order valence-electron chi connectivity index (χ3n) is 10.6. The zero-order chi connectivity index (χ0) is 53.8. The summed E-state index contributed by atoms with van der Waals surface area (Å²) in [6, 6.07) is 15.0. The second-order valence-electron chi connectivity index (χ2n) is 16.0. The molecule has 2 aromatic heterocycles. The number of nitrogens with zero attached hydrogens (tertiary/aromatic N) is 2. The number of ether oxygens (including phenoxy) is 10. The maximum Gasteiger partial charge on any atom is 0.417 e. The van der Waals surface area contributed by atoms with Crippen molar-refractivity contribution in [1.29, 1.82) is 0 Å². The largest absolute Gasteiger partial charge is 0.492 e. The first-order valence-corrected chi connectivity index (χ1v) is 23.5. The van der Waals surface area contributed by atoms with Gasteiger partial charge in [-0.2, -0.15) is 0 Å². The first-order valence-electron chi connectivity index (χ1n) is 23.5. The molecule has 0 bridgehead atoms. The van der Waals surface area contributed by atoms with Gasteiger partial charge in [0, 0.05) is 89.0 Å². The van der Waals surface area contributed by atoms with Crippen molar-refractivity contribution in [2.45, 2.75) is 66.3 Å². The Bertz CT molecular complexity index is 2330. The molecule has 4 amide bonds. The molecule has 0 fully saturated rings. The Morgan fingerprint density at radius 2 is 0.838 bits per heavy atom. The normalized spacial score (nSPS) is 11.4. The predicted molar refractivity (Wildman–Crippen MR) is 265 cm³/mol. The highest BCUT2D eigenvalue weighted by molar-refractivity contribution is 6.29. The fraction of sp³-hybridized carbons (Fsp3) is 0.440.